The van der Waals surface area contributed by atoms with E-state index >= 15 is 0 Å². The third-order valence-electron chi connectivity index (χ3n) is 6.10. The standard InChI is InChI=1S/C15H22O2/c16-13-8-7-11-10-5-1-3-9-4-2-6-12(14(9)10)15(11)17-13/h9-12,14-15H,1-8H2. The van der Waals surface area contributed by atoms with Gasteiger partial charge in [0.1, 0.15) is 6.10 Å². The molecule has 0 aromatic rings. The first-order valence-corrected chi connectivity index (χ1v) is 7.54. The summed E-state index contributed by atoms with van der Waals surface area (Å²) in [7, 11) is 0. The fraction of sp³-hybridized carbons (Fsp3) is 0.933. The zero-order valence-corrected chi connectivity index (χ0v) is 10.4. The summed E-state index contributed by atoms with van der Waals surface area (Å²) in [5.41, 5.74) is 0. The van der Waals surface area contributed by atoms with Gasteiger partial charge in [0.25, 0.3) is 0 Å². The molecule has 1 heterocycles. The first kappa shape index (κ1) is 10.4. The molecule has 2 nitrogen and oxygen atoms in total. The van der Waals surface area contributed by atoms with Crippen molar-refractivity contribution in [2.75, 3.05) is 0 Å². The fourth-order valence-corrected chi connectivity index (χ4v) is 5.65. The van der Waals surface area contributed by atoms with Crippen LogP contribution in [0.1, 0.15) is 51.4 Å². The second kappa shape index (κ2) is 3.73. The molecule has 0 spiro atoms. The van der Waals surface area contributed by atoms with Crippen LogP contribution < -0.4 is 0 Å². The third kappa shape index (κ3) is 1.42. The highest BCUT2D eigenvalue weighted by atomic mass is 16.5. The largest absolute Gasteiger partial charge is 0.462 e. The molecule has 0 bridgehead atoms. The van der Waals surface area contributed by atoms with Crippen molar-refractivity contribution in [3.8, 4) is 0 Å². The molecule has 4 rings (SSSR count). The third-order valence-corrected chi connectivity index (χ3v) is 6.10. The van der Waals surface area contributed by atoms with E-state index in [0.717, 1.165) is 36.0 Å². The van der Waals surface area contributed by atoms with Gasteiger partial charge in [-0.3, -0.25) is 4.79 Å². The van der Waals surface area contributed by atoms with Gasteiger partial charge in [0.2, 0.25) is 0 Å². The highest BCUT2D eigenvalue weighted by Gasteiger charge is 2.57. The van der Waals surface area contributed by atoms with Crippen molar-refractivity contribution in [2.24, 2.45) is 29.6 Å². The van der Waals surface area contributed by atoms with Crippen LogP contribution in [0.4, 0.5) is 0 Å². The van der Waals surface area contributed by atoms with Gasteiger partial charge in [-0.05, 0) is 48.9 Å². The second-order valence-electron chi connectivity index (χ2n) is 6.68. The first-order chi connectivity index (χ1) is 8.34. The molecule has 0 amide bonds. The minimum absolute atomic E-state index is 0.0759. The quantitative estimate of drug-likeness (QED) is 0.602. The minimum Gasteiger partial charge on any atom is -0.462 e. The summed E-state index contributed by atoms with van der Waals surface area (Å²) in [5, 5.41) is 0. The van der Waals surface area contributed by atoms with Gasteiger partial charge >= 0.3 is 5.97 Å². The van der Waals surface area contributed by atoms with E-state index in [9.17, 15) is 4.79 Å². The van der Waals surface area contributed by atoms with Crippen LogP contribution in [-0.2, 0) is 9.53 Å². The lowest BCUT2D eigenvalue weighted by Gasteiger charge is -2.41. The molecule has 4 aliphatic rings. The van der Waals surface area contributed by atoms with Gasteiger partial charge in [0.15, 0.2) is 0 Å². The van der Waals surface area contributed by atoms with Crippen LogP contribution in [0, 0.1) is 29.6 Å². The van der Waals surface area contributed by atoms with Crippen molar-refractivity contribution >= 4 is 5.97 Å². The topological polar surface area (TPSA) is 26.3 Å². The fourth-order valence-electron chi connectivity index (χ4n) is 5.65. The molecule has 1 aliphatic heterocycles. The number of esters is 1. The van der Waals surface area contributed by atoms with Crippen molar-refractivity contribution in [2.45, 2.75) is 57.5 Å². The van der Waals surface area contributed by atoms with Crippen LogP contribution in [0.3, 0.4) is 0 Å². The lowest BCUT2D eigenvalue weighted by Crippen LogP contribution is -2.36. The average Bonchev–Trinajstić information content (AvgIpc) is 2.67. The summed E-state index contributed by atoms with van der Waals surface area (Å²) >= 11 is 0. The van der Waals surface area contributed by atoms with Gasteiger partial charge < -0.3 is 4.74 Å². The van der Waals surface area contributed by atoms with E-state index in [-0.39, 0.29) is 5.97 Å². The Morgan fingerprint density at radius 2 is 1.65 bits per heavy atom. The normalized spacial score (nSPS) is 52.6. The molecule has 0 radical (unpaired) electrons. The number of carbonyl (C=O) groups is 1. The Kier molecular flexibility index (Phi) is 2.28. The molecule has 6 atom stereocenters. The molecule has 6 unspecified atom stereocenters. The van der Waals surface area contributed by atoms with Crippen molar-refractivity contribution in [3.05, 3.63) is 0 Å². The van der Waals surface area contributed by atoms with Crippen LogP contribution in [-0.4, -0.2) is 12.1 Å². The average molecular weight is 234 g/mol. The Bertz CT molecular complexity index is 336. The molecule has 0 aromatic carbocycles. The SMILES string of the molecule is O=C1CCC2C3CCCC4CCCC(C2O1)C43. The Morgan fingerprint density at radius 3 is 2.47 bits per heavy atom. The molecule has 2 heteroatoms. The van der Waals surface area contributed by atoms with E-state index in [4.69, 9.17) is 4.74 Å². The van der Waals surface area contributed by atoms with E-state index in [1.165, 1.54) is 38.5 Å². The predicted molar refractivity (Wildman–Crippen MR) is 64.3 cm³/mol. The molecule has 17 heavy (non-hydrogen) atoms. The lowest BCUT2D eigenvalue weighted by molar-refractivity contribution is -0.160. The summed E-state index contributed by atoms with van der Waals surface area (Å²) in [6.45, 7) is 0. The van der Waals surface area contributed by atoms with Crippen molar-refractivity contribution in [3.63, 3.8) is 0 Å². The number of rotatable bonds is 0. The predicted octanol–water partition coefficient (Wildman–Crippen LogP) is 3.15. The van der Waals surface area contributed by atoms with Crippen LogP contribution in [0.5, 0.6) is 0 Å². The van der Waals surface area contributed by atoms with E-state index in [1.807, 2.05) is 0 Å². The maximum absolute atomic E-state index is 11.6. The van der Waals surface area contributed by atoms with Crippen LogP contribution in [0.2, 0.25) is 0 Å². The number of hydrogen-bond acceptors (Lipinski definition) is 2. The summed E-state index contributed by atoms with van der Waals surface area (Å²) in [4.78, 5) is 11.6. The first-order valence-electron chi connectivity index (χ1n) is 7.54. The lowest BCUT2D eigenvalue weighted by atomic mass is 9.64. The summed E-state index contributed by atoms with van der Waals surface area (Å²) in [5.74, 6) is 4.32. The van der Waals surface area contributed by atoms with Gasteiger partial charge in [-0.15, -0.1) is 0 Å². The molecule has 3 saturated carbocycles. The summed E-state index contributed by atoms with van der Waals surface area (Å²) in [6.07, 6.45) is 10.6. The Morgan fingerprint density at radius 1 is 0.882 bits per heavy atom. The van der Waals surface area contributed by atoms with Crippen LogP contribution in [0.15, 0.2) is 0 Å². The summed E-state index contributed by atoms with van der Waals surface area (Å²) in [6, 6.07) is 0. The van der Waals surface area contributed by atoms with Crippen molar-refractivity contribution in [1.29, 1.82) is 0 Å². The van der Waals surface area contributed by atoms with Crippen molar-refractivity contribution < 1.29 is 9.53 Å². The Labute approximate surface area is 103 Å². The van der Waals surface area contributed by atoms with Gasteiger partial charge in [-0.2, -0.15) is 0 Å². The van der Waals surface area contributed by atoms with Crippen LogP contribution >= 0.6 is 0 Å². The smallest absolute Gasteiger partial charge is 0.306 e. The molecule has 4 fully saturated rings. The highest BCUT2D eigenvalue weighted by molar-refractivity contribution is 5.70. The molecule has 0 aromatic heterocycles. The molecule has 1 saturated heterocycles. The van der Waals surface area contributed by atoms with Gasteiger partial charge in [-0.25, -0.2) is 0 Å². The zero-order valence-electron chi connectivity index (χ0n) is 10.4. The molecule has 3 aliphatic carbocycles. The second-order valence-corrected chi connectivity index (χ2v) is 6.68. The van der Waals surface area contributed by atoms with E-state index in [0.29, 0.717) is 12.5 Å². The number of hydrogen-bond donors (Lipinski definition) is 0. The van der Waals surface area contributed by atoms with E-state index < -0.39 is 0 Å². The Balaban J connectivity index is 1.68. The Hall–Kier alpha value is -0.530. The van der Waals surface area contributed by atoms with E-state index in [1.54, 1.807) is 0 Å². The number of carbonyl (C=O) groups excluding carboxylic acids is 1. The van der Waals surface area contributed by atoms with E-state index in [2.05, 4.69) is 0 Å². The maximum Gasteiger partial charge on any atom is 0.306 e. The number of fused-ring (bicyclic) bond motifs is 3. The zero-order chi connectivity index (χ0) is 11.4. The van der Waals surface area contributed by atoms with Crippen LogP contribution in [0.25, 0.3) is 0 Å². The van der Waals surface area contributed by atoms with Crippen molar-refractivity contribution in [1.82, 2.24) is 0 Å². The van der Waals surface area contributed by atoms with Gasteiger partial charge in [0, 0.05) is 6.42 Å². The minimum atomic E-state index is 0.0759. The summed E-state index contributed by atoms with van der Waals surface area (Å²) < 4.78 is 5.75. The monoisotopic (exact) mass is 234 g/mol. The number of ether oxygens (including phenoxy) is 1. The highest BCUT2D eigenvalue weighted by Crippen LogP contribution is 2.59. The molecule has 0 N–H and O–H groups in total. The molecular formula is C15H22O2. The molecule has 94 valence electrons. The molecular weight excluding hydrogens is 212 g/mol. The maximum atomic E-state index is 11.6. The van der Waals surface area contributed by atoms with Gasteiger partial charge in [-0.1, -0.05) is 25.7 Å². The van der Waals surface area contributed by atoms with Gasteiger partial charge in [0.05, 0.1) is 0 Å².